The summed E-state index contributed by atoms with van der Waals surface area (Å²) in [5.41, 5.74) is -0.882. The fraction of sp³-hybridized carbons (Fsp3) is 0. The molecule has 0 aliphatic rings. The molecule has 0 atom stereocenters. The van der Waals surface area contributed by atoms with Crippen molar-refractivity contribution in [3.63, 3.8) is 0 Å². The molecule has 0 aliphatic heterocycles. The molecule has 0 saturated carbocycles. The largest absolute Gasteiger partial charge is 0.333 e. The van der Waals surface area contributed by atoms with Gasteiger partial charge in [-0.05, 0) is 36.4 Å². The topological polar surface area (TPSA) is 54.9 Å². The number of benzene rings is 2. The van der Waals surface area contributed by atoms with Crippen molar-refractivity contribution in [3.8, 4) is 5.69 Å². The monoisotopic (exact) mass is 324 g/mol. The second kappa shape index (κ2) is 5.02. The summed E-state index contributed by atoms with van der Waals surface area (Å²) in [6.45, 7) is 0. The first-order chi connectivity index (χ1) is 9.97. The van der Waals surface area contributed by atoms with Crippen LogP contribution >= 0.6 is 23.2 Å². The molecule has 21 heavy (non-hydrogen) atoms. The molecule has 0 unspecified atom stereocenters. The van der Waals surface area contributed by atoms with Crippen LogP contribution in [0.25, 0.3) is 16.6 Å². The molecule has 3 rings (SSSR count). The molecule has 4 nitrogen and oxygen atoms in total. The number of halogens is 3. The van der Waals surface area contributed by atoms with Gasteiger partial charge >= 0.3 is 5.69 Å². The van der Waals surface area contributed by atoms with Gasteiger partial charge in [-0.1, -0.05) is 23.2 Å². The summed E-state index contributed by atoms with van der Waals surface area (Å²) >= 11 is 11.8. The van der Waals surface area contributed by atoms with E-state index in [-0.39, 0.29) is 21.6 Å². The Morgan fingerprint density at radius 2 is 1.81 bits per heavy atom. The Morgan fingerprint density at radius 1 is 1.05 bits per heavy atom. The highest BCUT2D eigenvalue weighted by molar-refractivity contribution is 6.35. The van der Waals surface area contributed by atoms with Crippen LogP contribution < -0.4 is 11.2 Å². The first-order valence-corrected chi connectivity index (χ1v) is 6.63. The van der Waals surface area contributed by atoms with Gasteiger partial charge in [0.1, 0.15) is 5.82 Å². The first-order valence-electron chi connectivity index (χ1n) is 5.87. The van der Waals surface area contributed by atoms with Crippen molar-refractivity contribution >= 4 is 34.1 Å². The summed E-state index contributed by atoms with van der Waals surface area (Å²) in [5, 5.41) is 0.575. The van der Waals surface area contributed by atoms with Gasteiger partial charge in [-0.25, -0.2) is 13.8 Å². The van der Waals surface area contributed by atoms with Crippen LogP contribution in [-0.2, 0) is 0 Å². The second-order valence-electron chi connectivity index (χ2n) is 4.36. The summed E-state index contributed by atoms with van der Waals surface area (Å²) in [5.74, 6) is -0.569. The van der Waals surface area contributed by atoms with E-state index in [9.17, 15) is 14.0 Å². The van der Waals surface area contributed by atoms with Crippen molar-refractivity contribution in [2.75, 3.05) is 0 Å². The quantitative estimate of drug-likeness (QED) is 0.747. The van der Waals surface area contributed by atoms with E-state index in [0.717, 1.165) is 16.7 Å². The van der Waals surface area contributed by atoms with Crippen molar-refractivity contribution in [3.05, 3.63) is 73.1 Å². The van der Waals surface area contributed by atoms with Gasteiger partial charge in [0.25, 0.3) is 5.56 Å². The number of H-pyrrole nitrogens is 1. The Balaban J connectivity index is 2.43. The van der Waals surface area contributed by atoms with Crippen LogP contribution in [0.5, 0.6) is 0 Å². The van der Waals surface area contributed by atoms with Gasteiger partial charge in [0.15, 0.2) is 0 Å². The highest BCUT2D eigenvalue weighted by Crippen LogP contribution is 2.22. The molecule has 1 N–H and O–H groups in total. The lowest BCUT2D eigenvalue weighted by Gasteiger charge is -2.08. The molecule has 0 saturated heterocycles. The van der Waals surface area contributed by atoms with Crippen molar-refractivity contribution < 1.29 is 4.39 Å². The number of hydrogen-bond donors (Lipinski definition) is 1. The maximum atomic E-state index is 13.3. The van der Waals surface area contributed by atoms with E-state index < -0.39 is 17.1 Å². The van der Waals surface area contributed by atoms with E-state index in [2.05, 4.69) is 4.98 Å². The lowest BCUT2D eigenvalue weighted by atomic mass is 10.2. The van der Waals surface area contributed by atoms with Gasteiger partial charge in [-0.2, -0.15) is 0 Å². The fourth-order valence-electron chi connectivity index (χ4n) is 2.07. The number of aromatic amines is 1. The average Bonchev–Trinajstić information content (AvgIpc) is 2.42. The third-order valence-electron chi connectivity index (χ3n) is 3.01. The molecule has 1 heterocycles. The van der Waals surface area contributed by atoms with Crippen LogP contribution in [0.2, 0.25) is 10.0 Å². The van der Waals surface area contributed by atoms with Crippen LogP contribution in [0.1, 0.15) is 0 Å². The third kappa shape index (κ3) is 2.34. The predicted octanol–water partition coefficient (Wildman–Crippen LogP) is 3.12. The average molecular weight is 325 g/mol. The maximum Gasteiger partial charge on any atom is 0.333 e. The lowest BCUT2D eigenvalue weighted by molar-refractivity contribution is 0.629. The Morgan fingerprint density at radius 3 is 2.52 bits per heavy atom. The molecule has 0 radical (unpaired) electrons. The van der Waals surface area contributed by atoms with E-state index in [1.165, 1.54) is 24.3 Å². The number of nitrogens with one attached hydrogen (secondary N) is 1. The lowest BCUT2D eigenvalue weighted by Crippen LogP contribution is -2.33. The molecule has 0 fully saturated rings. The van der Waals surface area contributed by atoms with Gasteiger partial charge in [0.05, 0.1) is 21.6 Å². The number of hydrogen-bond acceptors (Lipinski definition) is 2. The highest BCUT2D eigenvalue weighted by atomic mass is 35.5. The maximum absolute atomic E-state index is 13.3. The molecule has 0 amide bonds. The zero-order chi connectivity index (χ0) is 15.1. The molecule has 7 heteroatoms. The van der Waals surface area contributed by atoms with Crippen molar-refractivity contribution in [2.45, 2.75) is 0 Å². The minimum Gasteiger partial charge on any atom is -0.306 e. The van der Waals surface area contributed by atoms with Crippen LogP contribution in [0, 0.1) is 5.82 Å². The third-order valence-corrected chi connectivity index (χ3v) is 3.55. The smallest absolute Gasteiger partial charge is 0.306 e. The van der Waals surface area contributed by atoms with Gasteiger partial charge in [-0.3, -0.25) is 4.79 Å². The molecule has 0 aliphatic carbocycles. The first kappa shape index (κ1) is 13.9. The predicted molar refractivity (Wildman–Crippen MR) is 80.1 cm³/mol. The Bertz CT molecular complexity index is 979. The minimum atomic E-state index is -0.664. The van der Waals surface area contributed by atoms with Crippen LogP contribution in [-0.4, -0.2) is 9.55 Å². The van der Waals surface area contributed by atoms with E-state index >= 15 is 0 Å². The van der Waals surface area contributed by atoms with Crippen LogP contribution in [0.15, 0.2) is 46.0 Å². The van der Waals surface area contributed by atoms with E-state index in [0.29, 0.717) is 5.02 Å². The van der Waals surface area contributed by atoms with E-state index in [1.54, 1.807) is 0 Å². The van der Waals surface area contributed by atoms with E-state index in [4.69, 9.17) is 23.2 Å². The van der Waals surface area contributed by atoms with Crippen molar-refractivity contribution in [2.24, 2.45) is 0 Å². The normalized spacial score (nSPS) is 11.0. The Labute approximate surface area is 127 Å². The SMILES string of the molecule is O=c1[nH]c2ccc(F)cc2c(=O)n1-c1ccc(Cl)cc1Cl. The molecule has 0 bridgehead atoms. The van der Waals surface area contributed by atoms with E-state index in [1.807, 2.05) is 0 Å². The summed E-state index contributed by atoms with van der Waals surface area (Å²) in [6.07, 6.45) is 0. The summed E-state index contributed by atoms with van der Waals surface area (Å²) in [7, 11) is 0. The number of fused-ring (bicyclic) bond motifs is 1. The van der Waals surface area contributed by atoms with Crippen molar-refractivity contribution in [1.82, 2.24) is 9.55 Å². The molecule has 1 aromatic heterocycles. The molecular weight excluding hydrogens is 318 g/mol. The molecular formula is C14H7Cl2FN2O2. The zero-order valence-corrected chi connectivity index (χ0v) is 11.9. The van der Waals surface area contributed by atoms with Crippen LogP contribution in [0.4, 0.5) is 4.39 Å². The summed E-state index contributed by atoms with van der Waals surface area (Å²) in [6, 6.07) is 7.93. The summed E-state index contributed by atoms with van der Waals surface area (Å²) < 4.78 is 14.1. The van der Waals surface area contributed by atoms with Gasteiger partial charge in [0, 0.05) is 5.02 Å². The molecule has 2 aromatic carbocycles. The summed E-state index contributed by atoms with van der Waals surface area (Å²) in [4.78, 5) is 27.0. The zero-order valence-electron chi connectivity index (χ0n) is 10.4. The molecule has 3 aromatic rings. The highest BCUT2D eigenvalue weighted by Gasteiger charge is 2.13. The van der Waals surface area contributed by atoms with Crippen molar-refractivity contribution in [1.29, 1.82) is 0 Å². The fourth-order valence-corrected chi connectivity index (χ4v) is 2.56. The van der Waals surface area contributed by atoms with Gasteiger partial charge < -0.3 is 4.98 Å². The molecule has 0 spiro atoms. The van der Waals surface area contributed by atoms with Gasteiger partial charge in [0.2, 0.25) is 0 Å². The van der Waals surface area contributed by atoms with Crippen LogP contribution in [0.3, 0.4) is 0 Å². The number of rotatable bonds is 1. The second-order valence-corrected chi connectivity index (χ2v) is 5.20. The standard InChI is InChI=1S/C14H7Cl2FN2O2/c15-7-1-4-12(10(16)5-7)19-13(20)9-6-8(17)2-3-11(9)18-14(19)21/h1-6H,(H,18,21). The number of nitrogens with zero attached hydrogens (tertiary/aromatic N) is 1. The molecule has 106 valence electrons. The van der Waals surface area contributed by atoms with Gasteiger partial charge in [-0.15, -0.1) is 0 Å². The minimum absolute atomic E-state index is 0.0561. The Kier molecular flexibility index (Phi) is 3.31. The Hall–Kier alpha value is -2.11. The number of aromatic nitrogens is 2.